The molecule has 1 aliphatic rings. The summed E-state index contributed by atoms with van der Waals surface area (Å²) in [5, 5.41) is 13.5. The van der Waals surface area contributed by atoms with E-state index in [1.165, 1.54) is 24.9 Å². The van der Waals surface area contributed by atoms with Crippen LogP contribution in [0.25, 0.3) is 50.1 Å². The van der Waals surface area contributed by atoms with Crippen LogP contribution in [0.1, 0.15) is 24.8 Å². The van der Waals surface area contributed by atoms with E-state index >= 15 is 0 Å². The Morgan fingerprint density at radius 1 is 0.872 bits per heavy atom. The first-order valence-electron chi connectivity index (χ1n) is 13.4. The van der Waals surface area contributed by atoms with Gasteiger partial charge in [-0.1, -0.05) is 43.0 Å². The van der Waals surface area contributed by atoms with E-state index in [1.807, 2.05) is 48.9 Å². The third kappa shape index (κ3) is 4.42. The molecule has 0 atom stereocenters. The zero-order valence-electron chi connectivity index (χ0n) is 21.6. The number of nitrogens with one attached hydrogen (secondary N) is 3. The molecule has 1 fully saturated rings. The fraction of sp³-hybridized carbons (Fsp3) is 0.156. The van der Waals surface area contributed by atoms with Gasteiger partial charge in [-0.15, -0.1) is 0 Å². The maximum absolute atomic E-state index is 4.69. The number of rotatable bonds is 6. The molecule has 0 unspecified atom stereocenters. The number of nitrogens with zero attached hydrogens (tertiary/aromatic N) is 4. The topological polar surface area (TPSA) is 85.5 Å². The summed E-state index contributed by atoms with van der Waals surface area (Å²) in [5.74, 6) is 0. The van der Waals surface area contributed by atoms with Crippen LogP contribution in [0.5, 0.6) is 0 Å². The number of piperidine rings is 1. The number of hydrogen-bond donors (Lipinski definition) is 3. The summed E-state index contributed by atoms with van der Waals surface area (Å²) in [6.07, 6.45) is 9.38. The van der Waals surface area contributed by atoms with Crippen LogP contribution in [-0.4, -0.2) is 38.2 Å². The van der Waals surface area contributed by atoms with Gasteiger partial charge in [-0.05, 0) is 60.7 Å². The average molecular weight is 512 g/mol. The highest BCUT2D eigenvalue weighted by atomic mass is 15.1. The molecule has 7 heteroatoms. The van der Waals surface area contributed by atoms with Crippen molar-refractivity contribution in [2.45, 2.75) is 19.3 Å². The molecule has 6 aromatic rings. The van der Waals surface area contributed by atoms with Crippen molar-refractivity contribution in [1.82, 2.24) is 25.1 Å². The second kappa shape index (κ2) is 9.76. The number of anilines is 2. The lowest BCUT2D eigenvalue weighted by Gasteiger charge is -2.29. The molecular weight excluding hydrogens is 482 g/mol. The van der Waals surface area contributed by atoms with Crippen molar-refractivity contribution in [2.24, 2.45) is 0 Å². The van der Waals surface area contributed by atoms with Crippen LogP contribution in [-0.2, 0) is 0 Å². The van der Waals surface area contributed by atoms with Crippen LogP contribution in [0, 0.1) is 0 Å². The largest absolute Gasteiger partial charge is 0.371 e. The smallest absolute Gasteiger partial charge is 0.139 e. The minimum atomic E-state index is 0.832. The summed E-state index contributed by atoms with van der Waals surface area (Å²) in [4.78, 5) is 15.1. The maximum Gasteiger partial charge on any atom is 0.139 e. The average Bonchev–Trinajstić information content (AvgIpc) is 3.62. The van der Waals surface area contributed by atoms with Gasteiger partial charge in [0.1, 0.15) is 11.3 Å². The third-order valence-corrected chi connectivity index (χ3v) is 7.51. The lowest BCUT2D eigenvalue weighted by atomic mass is 10.0. The highest BCUT2D eigenvalue weighted by Crippen LogP contribution is 2.35. The molecule has 2 aromatic carbocycles. The van der Waals surface area contributed by atoms with E-state index in [0.29, 0.717) is 0 Å². The quantitative estimate of drug-likeness (QED) is 0.219. The molecule has 0 spiro atoms. The molecule has 7 rings (SSSR count). The molecule has 7 nitrogen and oxygen atoms in total. The van der Waals surface area contributed by atoms with Gasteiger partial charge in [0.2, 0.25) is 0 Å². The predicted octanol–water partition coefficient (Wildman–Crippen LogP) is 7.24. The SMILES string of the molecule is C=C(Nc1cncc(-c2ccc3[nH]nc(-c4cc5c(N6CCCCC6)ccnc5[nH]4)c3c2)c1)c1ccccc1. The Morgan fingerprint density at radius 2 is 1.74 bits per heavy atom. The van der Waals surface area contributed by atoms with Gasteiger partial charge in [0.15, 0.2) is 0 Å². The highest BCUT2D eigenvalue weighted by molar-refractivity contribution is 6.00. The van der Waals surface area contributed by atoms with E-state index in [9.17, 15) is 0 Å². The monoisotopic (exact) mass is 511 g/mol. The molecule has 0 radical (unpaired) electrons. The van der Waals surface area contributed by atoms with Gasteiger partial charge in [-0.25, -0.2) is 4.98 Å². The van der Waals surface area contributed by atoms with Gasteiger partial charge in [0.25, 0.3) is 0 Å². The second-order valence-electron chi connectivity index (χ2n) is 10.1. The van der Waals surface area contributed by atoms with Crippen molar-refractivity contribution in [3.05, 3.63) is 97.5 Å². The molecule has 0 saturated carbocycles. The molecule has 0 amide bonds. The molecule has 3 N–H and O–H groups in total. The van der Waals surface area contributed by atoms with Crippen LogP contribution < -0.4 is 10.2 Å². The molecule has 4 aromatic heterocycles. The summed E-state index contributed by atoms with van der Waals surface area (Å²) in [5.41, 5.74) is 9.80. The van der Waals surface area contributed by atoms with Crippen molar-refractivity contribution in [2.75, 3.05) is 23.3 Å². The van der Waals surface area contributed by atoms with E-state index < -0.39 is 0 Å². The zero-order valence-corrected chi connectivity index (χ0v) is 21.6. The Morgan fingerprint density at radius 3 is 2.62 bits per heavy atom. The van der Waals surface area contributed by atoms with Crippen LogP contribution in [0.15, 0.2) is 91.9 Å². The van der Waals surface area contributed by atoms with Crippen molar-refractivity contribution >= 4 is 39.0 Å². The molecule has 0 aliphatic carbocycles. The second-order valence-corrected chi connectivity index (χ2v) is 10.1. The summed E-state index contributed by atoms with van der Waals surface area (Å²) >= 11 is 0. The molecule has 39 heavy (non-hydrogen) atoms. The van der Waals surface area contributed by atoms with Gasteiger partial charge in [0.05, 0.1) is 23.1 Å². The third-order valence-electron chi connectivity index (χ3n) is 7.51. The predicted molar refractivity (Wildman–Crippen MR) is 160 cm³/mol. The van der Waals surface area contributed by atoms with Crippen LogP contribution in [0.3, 0.4) is 0 Å². The first-order valence-corrected chi connectivity index (χ1v) is 13.4. The Labute approximate surface area is 226 Å². The minimum absolute atomic E-state index is 0.832. The standard InChI is InChI=1S/C32H29N7/c1-21(22-8-4-2-5-9-22)35-25-16-24(19-33-20-25)23-10-11-28-26(17-23)31(38-37-28)29-18-27-30(12-13-34-32(27)36-29)39-14-6-3-7-15-39/h2,4-5,8-13,16-20,35H,1,3,6-7,14-15H2,(H,34,36)(H,37,38). The normalized spacial score (nSPS) is 13.7. The van der Waals surface area contributed by atoms with Crippen molar-refractivity contribution in [1.29, 1.82) is 0 Å². The summed E-state index contributed by atoms with van der Waals surface area (Å²) < 4.78 is 0. The molecular formula is C32H29N7. The van der Waals surface area contributed by atoms with Gasteiger partial charge in [-0.3, -0.25) is 10.1 Å². The summed E-state index contributed by atoms with van der Waals surface area (Å²) in [7, 11) is 0. The van der Waals surface area contributed by atoms with Crippen molar-refractivity contribution in [3.8, 4) is 22.5 Å². The van der Waals surface area contributed by atoms with E-state index in [0.717, 1.165) is 74.5 Å². The molecule has 5 heterocycles. The van der Waals surface area contributed by atoms with E-state index in [1.54, 1.807) is 0 Å². The number of H-pyrrole nitrogens is 2. The molecule has 192 valence electrons. The highest BCUT2D eigenvalue weighted by Gasteiger charge is 2.18. The van der Waals surface area contributed by atoms with Crippen molar-refractivity contribution < 1.29 is 0 Å². The Balaban J connectivity index is 1.22. The number of pyridine rings is 2. The van der Waals surface area contributed by atoms with Crippen molar-refractivity contribution in [3.63, 3.8) is 0 Å². The first kappa shape index (κ1) is 23.2. The molecule has 0 bridgehead atoms. The fourth-order valence-electron chi connectivity index (χ4n) is 5.50. The lowest BCUT2D eigenvalue weighted by molar-refractivity contribution is 0.579. The van der Waals surface area contributed by atoms with Crippen LogP contribution >= 0.6 is 0 Å². The van der Waals surface area contributed by atoms with Crippen LogP contribution in [0.2, 0.25) is 0 Å². The fourth-order valence-corrected chi connectivity index (χ4v) is 5.50. The number of aromatic nitrogens is 5. The van der Waals surface area contributed by atoms with E-state index in [4.69, 9.17) is 5.10 Å². The number of hydrogen-bond acceptors (Lipinski definition) is 5. The van der Waals surface area contributed by atoms with Gasteiger partial charge >= 0.3 is 0 Å². The summed E-state index contributed by atoms with van der Waals surface area (Å²) in [6, 6.07) is 22.8. The Kier molecular flexibility index (Phi) is 5.81. The summed E-state index contributed by atoms with van der Waals surface area (Å²) in [6.45, 7) is 6.38. The number of benzene rings is 2. The number of fused-ring (bicyclic) bond motifs is 2. The number of aromatic amines is 2. The lowest BCUT2D eigenvalue weighted by Crippen LogP contribution is -2.29. The van der Waals surface area contributed by atoms with Gasteiger partial charge in [0, 0.05) is 53.2 Å². The van der Waals surface area contributed by atoms with E-state index in [2.05, 4.69) is 73.2 Å². The first-order chi connectivity index (χ1) is 19.2. The van der Waals surface area contributed by atoms with E-state index in [-0.39, 0.29) is 0 Å². The minimum Gasteiger partial charge on any atom is -0.371 e. The zero-order chi connectivity index (χ0) is 26.2. The van der Waals surface area contributed by atoms with Gasteiger partial charge in [-0.2, -0.15) is 5.10 Å². The Hall–Kier alpha value is -4.91. The Bertz CT molecular complexity index is 1790. The molecule has 1 aliphatic heterocycles. The van der Waals surface area contributed by atoms with Gasteiger partial charge < -0.3 is 15.2 Å². The van der Waals surface area contributed by atoms with Crippen LogP contribution in [0.4, 0.5) is 11.4 Å². The maximum atomic E-state index is 4.69. The molecule has 1 saturated heterocycles.